The van der Waals surface area contributed by atoms with E-state index in [-0.39, 0.29) is 0 Å². The molecule has 2 aliphatic rings. The molecule has 0 saturated heterocycles. The molecule has 1 unspecified atom stereocenters. The molecule has 0 saturated carbocycles. The molecule has 3 heterocycles. The third kappa shape index (κ3) is 4.41. The number of aromatic nitrogens is 1. The van der Waals surface area contributed by atoms with Gasteiger partial charge in [-0.3, -0.25) is 19.3 Å². The second-order valence-electron chi connectivity index (χ2n) is 9.04. The van der Waals surface area contributed by atoms with E-state index < -0.39 is 59.8 Å². The molecule has 12 heteroatoms. The van der Waals surface area contributed by atoms with E-state index in [0.29, 0.717) is 26.7 Å². The first-order valence-corrected chi connectivity index (χ1v) is 12.7. The van der Waals surface area contributed by atoms with Crippen molar-refractivity contribution in [2.24, 2.45) is 0 Å². The number of thioether (sulfide) groups is 1. The first-order valence-electron chi connectivity index (χ1n) is 11.7. The molecule has 0 bridgehead atoms. The zero-order valence-corrected chi connectivity index (χ0v) is 21.1. The summed E-state index contributed by atoms with van der Waals surface area (Å²) in [5.41, 5.74) is 0.800. The highest BCUT2D eigenvalue weighted by atomic mass is 32.2. The minimum Gasteiger partial charge on any atom is -0.459 e. The fourth-order valence-electron chi connectivity index (χ4n) is 4.77. The average molecular weight is 550 g/mol. The van der Waals surface area contributed by atoms with Crippen LogP contribution < -0.4 is 15.2 Å². The molecule has 3 atom stereocenters. The summed E-state index contributed by atoms with van der Waals surface area (Å²) in [6, 6.07) is 9.86. The Morgan fingerprint density at radius 2 is 1.76 bits per heavy atom. The highest BCUT2D eigenvalue weighted by Gasteiger charge is 2.48. The van der Waals surface area contributed by atoms with E-state index >= 15 is 4.39 Å². The van der Waals surface area contributed by atoms with E-state index in [9.17, 15) is 27.9 Å². The van der Waals surface area contributed by atoms with Gasteiger partial charge in [-0.25, -0.2) is 4.39 Å². The maximum Gasteiger partial charge on any atom is 0.408 e. The summed E-state index contributed by atoms with van der Waals surface area (Å²) in [6.07, 6.45) is -5.01. The van der Waals surface area contributed by atoms with Gasteiger partial charge in [-0.1, -0.05) is 36.4 Å². The van der Waals surface area contributed by atoms with Crippen LogP contribution in [0.15, 0.2) is 64.4 Å². The SMILES string of the molecule is CC(O)Oc1c2n(ccc1=O)N([C@H]1c3ccccc3CSc3c(F)cccc31)CN([C@H](C)C(F)(F)F)C2=O. The predicted molar refractivity (Wildman–Crippen MR) is 132 cm³/mol. The zero-order valence-electron chi connectivity index (χ0n) is 20.3. The number of carbonyl (C=O) groups is 1. The summed E-state index contributed by atoms with van der Waals surface area (Å²) in [4.78, 5) is 27.2. The van der Waals surface area contributed by atoms with Gasteiger partial charge in [0.05, 0.1) is 6.04 Å². The number of pyridine rings is 1. The highest BCUT2D eigenvalue weighted by Crippen LogP contribution is 2.44. The summed E-state index contributed by atoms with van der Waals surface area (Å²) in [6.45, 7) is 1.54. The summed E-state index contributed by atoms with van der Waals surface area (Å²) < 4.78 is 63.4. The topological polar surface area (TPSA) is 75.0 Å². The van der Waals surface area contributed by atoms with E-state index in [2.05, 4.69) is 0 Å². The predicted octanol–water partition coefficient (Wildman–Crippen LogP) is 4.40. The monoisotopic (exact) mass is 549 g/mol. The van der Waals surface area contributed by atoms with E-state index in [1.165, 1.54) is 46.7 Å². The van der Waals surface area contributed by atoms with Gasteiger partial charge in [0.25, 0.3) is 5.91 Å². The van der Waals surface area contributed by atoms with Crippen molar-refractivity contribution < 1.29 is 32.2 Å². The molecule has 1 amide bonds. The Balaban J connectivity index is 1.80. The van der Waals surface area contributed by atoms with Crippen LogP contribution in [0.25, 0.3) is 0 Å². The van der Waals surface area contributed by atoms with Crippen LogP contribution in [0.3, 0.4) is 0 Å². The number of amides is 1. The molecule has 2 aliphatic heterocycles. The van der Waals surface area contributed by atoms with Crippen LogP contribution >= 0.6 is 11.8 Å². The summed E-state index contributed by atoms with van der Waals surface area (Å²) in [5, 5.41) is 11.3. The normalized spacial score (nSPS) is 18.7. The van der Waals surface area contributed by atoms with Gasteiger partial charge in [0.1, 0.15) is 18.5 Å². The zero-order chi connectivity index (χ0) is 27.4. The number of ether oxygens (including phenoxy) is 1. The molecule has 5 rings (SSSR count). The van der Waals surface area contributed by atoms with Gasteiger partial charge in [-0.2, -0.15) is 13.2 Å². The molecule has 0 radical (unpaired) electrons. The van der Waals surface area contributed by atoms with Gasteiger partial charge in [0, 0.05) is 22.9 Å². The largest absolute Gasteiger partial charge is 0.459 e. The van der Waals surface area contributed by atoms with Crippen LogP contribution in [0.5, 0.6) is 5.75 Å². The van der Waals surface area contributed by atoms with E-state index in [0.717, 1.165) is 18.6 Å². The first-order chi connectivity index (χ1) is 18.0. The lowest BCUT2D eigenvalue weighted by molar-refractivity contribution is -0.173. The molecule has 2 aromatic carbocycles. The third-order valence-corrected chi connectivity index (χ3v) is 7.79. The van der Waals surface area contributed by atoms with Crippen molar-refractivity contribution in [1.82, 2.24) is 9.58 Å². The fraction of sp³-hybridized carbons (Fsp3) is 0.308. The van der Waals surface area contributed by atoms with Crippen LogP contribution in [0, 0.1) is 5.82 Å². The number of aliphatic hydroxyl groups is 1. The van der Waals surface area contributed by atoms with Crippen molar-refractivity contribution in [2.45, 2.75) is 49.0 Å². The minimum absolute atomic E-state index is 0.337. The molecule has 0 spiro atoms. The fourth-order valence-corrected chi connectivity index (χ4v) is 5.89. The first kappa shape index (κ1) is 26.1. The molecule has 0 fully saturated rings. The number of benzene rings is 2. The molecule has 7 nitrogen and oxygen atoms in total. The number of halogens is 4. The van der Waals surface area contributed by atoms with Gasteiger partial charge < -0.3 is 14.7 Å². The second kappa shape index (κ2) is 9.66. The lowest BCUT2D eigenvalue weighted by Crippen LogP contribution is -2.60. The summed E-state index contributed by atoms with van der Waals surface area (Å²) in [7, 11) is 0. The average Bonchev–Trinajstić information content (AvgIpc) is 3.02. The third-order valence-electron chi connectivity index (χ3n) is 6.61. The standard InChI is InChI=1S/C26H23F4N3O4S/c1-14(26(28,29)30)31-13-33(32-11-10-20(35)23(37-15(2)34)22(32)25(31)36)21-17-7-4-3-6-16(17)12-38-24-18(21)8-5-9-19(24)27/h3-11,14-15,21,34H,12-13H2,1-2H3/t14-,15?,21+/m1/s1. The van der Waals surface area contributed by atoms with Crippen molar-refractivity contribution in [3.8, 4) is 5.75 Å². The number of rotatable bonds is 4. The number of alkyl halides is 3. The lowest BCUT2D eigenvalue weighted by Gasteiger charge is -2.46. The molecule has 0 aliphatic carbocycles. The number of carbonyl (C=O) groups excluding carboxylic acids is 1. The molecule has 200 valence electrons. The maximum atomic E-state index is 15.0. The molecule has 1 N–H and O–H groups in total. The van der Waals surface area contributed by atoms with Gasteiger partial charge in [-0.05, 0) is 36.6 Å². The Kier molecular flexibility index (Phi) is 6.64. The summed E-state index contributed by atoms with van der Waals surface area (Å²) in [5.74, 6) is -1.72. The Bertz CT molecular complexity index is 1460. The van der Waals surface area contributed by atoms with Crippen molar-refractivity contribution in [2.75, 3.05) is 11.7 Å². The van der Waals surface area contributed by atoms with Crippen LogP contribution in [0.2, 0.25) is 0 Å². The highest BCUT2D eigenvalue weighted by molar-refractivity contribution is 7.98. The number of aliphatic hydroxyl groups excluding tert-OH is 1. The van der Waals surface area contributed by atoms with Crippen molar-refractivity contribution in [3.63, 3.8) is 0 Å². The molecule has 38 heavy (non-hydrogen) atoms. The summed E-state index contributed by atoms with van der Waals surface area (Å²) >= 11 is 1.27. The number of nitrogens with zero attached hydrogens (tertiary/aromatic N) is 3. The van der Waals surface area contributed by atoms with Crippen LogP contribution in [0.1, 0.15) is 47.1 Å². The Hall–Kier alpha value is -3.51. The van der Waals surface area contributed by atoms with Crippen molar-refractivity contribution >= 4 is 17.7 Å². The molecular weight excluding hydrogens is 526 g/mol. The van der Waals surface area contributed by atoms with Crippen molar-refractivity contribution in [3.05, 3.63) is 93.2 Å². The van der Waals surface area contributed by atoms with Gasteiger partial charge >= 0.3 is 6.18 Å². The maximum absolute atomic E-state index is 15.0. The Morgan fingerprint density at radius 3 is 2.47 bits per heavy atom. The van der Waals surface area contributed by atoms with E-state index in [1.807, 2.05) is 18.2 Å². The van der Waals surface area contributed by atoms with Crippen LogP contribution in [-0.2, 0) is 5.75 Å². The molecular formula is C26H23F4N3O4S. The van der Waals surface area contributed by atoms with Gasteiger partial charge in [0.2, 0.25) is 11.2 Å². The smallest absolute Gasteiger partial charge is 0.408 e. The van der Waals surface area contributed by atoms with Crippen LogP contribution in [-0.4, -0.2) is 45.8 Å². The number of hydrogen-bond acceptors (Lipinski definition) is 6. The second-order valence-corrected chi connectivity index (χ2v) is 10.0. The van der Waals surface area contributed by atoms with Gasteiger partial charge in [-0.15, -0.1) is 11.8 Å². The Morgan fingerprint density at radius 1 is 1.05 bits per heavy atom. The molecule has 3 aromatic rings. The minimum atomic E-state index is -4.77. The van der Waals surface area contributed by atoms with E-state index in [4.69, 9.17) is 4.74 Å². The lowest BCUT2D eigenvalue weighted by atomic mass is 9.94. The number of hydrogen-bond donors (Lipinski definition) is 1. The molecule has 1 aromatic heterocycles. The van der Waals surface area contributed by atoms with E-state index in [1.54, 1.807) is 12.1 Å². The Labute approximate surface area is 219 Å². The number of fused-ring (bicyclic) bond motifs is 3. The quantitative estimate of drug-likeness (QED) is 0.384. The van der Waals surface area contributed by atoms with Crippen molar-refractivity contribution in [1.29, 1.82) is 0 Å². The van der Waals surface area contributed by atoms with Crippen LogP contribution in [0.4, 0.5) is 17.6 Å². The van der Waals surface area contributed by atoms with Gasteiger partial charge in [0.15, 0.2) is 12.0 Å².